The van der Waals surface area contributed by atoms with Gasteiger partial charge in [0.15, 0.2) is 0 Å². The first-order valence-corrected chi connectivity index (χ1v) is 9.18. The van der Waals surface area contributed by atoms with Gasteiger partial charge in [-0.2, -0.15) is 8.78 Å². The third-order valence-corrected chi connectivity index (χ3v) is 4.26. The molecule has 1 N–H and O–H groups in total. The van der Waals surface area contributed by atoms with Gasteiger partial charge in [0.25, 0.3) is 0 Å². The molecule has 8 heteroatoms. The standard InChI is InChI=1S/C21H23F2N3O3/c1-21(2,3)29-19(27)24-12-14-8-10-15(11-9-14)13-25-16-6-4-5-7-17(16)26(18(22)23)20(25)28/h4-11,18H,12-13H2,1-3H3,(H,24,27). The number of halogens is 2. The largest absolute Gasteiger partial charge is 0.444 e. The van der Waals surface area contributed by atoms with Crippen molar-refractivity contribution < 1.29 is 18.3 Å². The van der Waals surface area contributed by atoms with Crippen molar-refractivity contribution in [2.24, 2.45) is 0 Å². The molecule has 154 valence electrons. The van der Waals surface area contributed by atoms with Gasteiger partial charge in [-0.25, -0.2) is 14.2 Å². The molecule has 0 aliphatic heterocycles. The number of aromatic nitrogens is 2. The van der Waals surface area contributed by atoms with Gasteiger partial charge in [-0.15, -0.1) is 0 Å². The minimum atomic E-state index is -2.91. The number of amides is 1. The molecule has 0 atom stereocenters. The number of nitrogens with one attached hydrogen (secondary N) is 1. The molecule has 0 unspecified atom stereocenters. The first-order valence-electron chi connectivity index (χ1n) is 9.18. The predicted molar refractivity (Wildman–Crippen MR) is 106 cm³/mol. The van der Waals surface area contributed by atoms with Crippen LogP contribution in [0.3, 0.4) is 0 Å². The molecular weight excluding hydrogens is 380 g/mol. The molecule has 0 aliphatic carbocycles. The summed E-state index contributed by atoms with van der Waals surface area (Å²) in [6, 6.07) is 13.7. The lowest BCUT2D eigenvalue weighted by Crippen LogP contribution is -2.32. The van der Waals surface area contributed by atoms with Crippen LogP contribution in [0.5, 0.6) is 0 Å². The van der Waals surface area contributed by atoms with Crippen LogP contribution in [0.15, 0.2) is 53.3 Å². The van der Waals surface area contributed by atoms with Crippen molar-refractivity contribution in [3.8, 4) is 0 Å². The van der Waals surface area contributed by atoms with Crippen molar-refractivity contribution in [1.29, 1.82) is 0 Å². The summed E-state index contributed by atoms with van der Waals surface area (Å²) in [6.45, 7) is 2.91. The van der Waals surface area contributed by atoms with E-state index in [1.807, 2.05) is 12.1 Å². The summed E-state index contributed by atoms with van der Waals surface area (Å²) in [4.78, 5) is 24.2. The molecule has 3 aromatic rings. The second kappa shape index (κ2) is 8.06. The topological polar surface area (TPSA) is 65.3 Å². The first-order chi connectivity index (χ1) is 13.7. The summed E-state index contributed by atoms with van der Waals surface area (Å²) >= 11 is 0. The van der Waals surface area contributed by atoms with Crippen molar-refractivity contribution in [3.63, 3.8) is 0 Å². The summed E-state index contributed by atoms with van der Waals surface area (Å²) in [5, 5.41) is 2.67. The molecule has 1 heterocycles. The van der Waals surface area contributed by atoms with Crippen molar-refractivity contribution in [1.82, 2.24) is 14.5 Å². The van der Waals surface area contributed by atoms with Gasteiger partial charge in [-0.3, -0.25) is 4.57 Å². The highest BCUT2D eigenvalue weighted by Gasteiger charge is 2.19. The predicted octanol–water partition coefficient (Wildman–Crippen LogP) is 4.27. The molecule has 0 saturated heterocycles. The van der Waals surface area contributed by atoms with E-state index in [1.165, 1.54) is 10.6 Å². The van der Waals surface area contributed by atoms with Crippen LogP contribution in [-0.2, 0) is 17.8 Å². The zero-order chi connectivity index (χ0) is 21.2. The fraction of sp³-hybridized carbons (Fsp3) is 0.333. The monoisotopic (exact) mass is 403 g/mol. The average Bonchev–Trinajstić information content (AvgIpc) is 2.92. The Morgan fingerprint density at radius 3 is 2.21 bits per heavy atom. The molecule has 0 radical (unpaired) electrons. The summed E-state index contributed by atoms with van der Waals surface area (Å²) in [5.74, 6) is 0. The Kier molecular flexibility index (Phi) is 5.72. The Balaban J connectivity index is 1.75. The molecule has 0 fully saturated rings. The van der Waals surface area contributed by atoms with E-state index in [0.717, 1.165) is 11.1 Å². The lowest BCUT2D eigenvalue weighted by Gasteiger charge is -2.19. The number of fused-ring (bicyclic) bond motifs is 1. The second-order valence-corrected chi connectivity index (χ2v) is 7.68. The van der Waals surface area contributed by atoms with Gasteiger partial charge in [-0.05, 0) is 44.0 Å². The zero-order valence-corrected chi connectivity index (χ0v) is 16.5. The number of alkyl halides is 2. The maximum Gasteiger partial charge on any atom is 0.407 e. The molecule has 29 heavy (non-hydrogen) atoms. The molecule has 0 bridgehead atoms. The Labute approximate surface area is 166 Å². The van der Waals surface area contributed by atoms with Crippen LogP contribution < -0.4 is 11.0 Å². The van der Waals surface area contributed by atoms with Crippen molar-refractivity contribution in [2.45, 2.75) is 46.0 Å². The number of nitrogens with zero attached hydrogens (tertiary/aromatic N) is 2. The average molecular weight is 403 g/mol. The number of hydrogen-bond acceptors (Lipinski definition) is 3. The zero-order valence-electron chi connectivity index (χ0n) is 16.5. The lowest BCUT2D eigenvalue weighted by molar-refractivity contribution is 0.0523. The number of rotatable bonds is 5. The number of carbonyl (C=O) groups is 1. The van der Waals surface area contributed by atoms with E-state index in [-0.39, 0.29) is 12.1 Å². The van der Waals surface area contributed by atoms with Crippen molar-refractivity contribution >= 4 is 17.1 Å². The first kappa shape index (κ1) is 20.6. The number of ether oxygens (including phenoxy) is 1. The van der Waals surface area contributed by atoms with E-state index in [9.17, 15) is 18.4 Å². The van der Waals surface area contributed by atoms with Crippen LogP contribution in [0.1, 0.15) is 38.4 Å². The molecule has 3 rings (SSSR count). The highest BCUT2D eigenvalue weighted by atomic mass is 19.3. The third kappa shape index (κ3) is 4.82. The third-order valence-electron chi connectivity index (χ3n) is 4.26. The number of para-hydroxylation sites is 2. The van der Waals surface area contributed by atoms with E-state index in [2.05, 4.69) is 5.32 Å². The lowest BCUT2D eigenvalue weighted by atomic mass is 10.1. The van der Waals surface area contributed by atoms with Crippen LogP contribution in [0.4, 0.5) is 13.6 Å². The normalized spacial score (nSPS) is 11.8. The van der Waals surface area contributed by atoms with Gasteiger partial charge < -0.3 is 10.1 Å². The number of imidazole rings is 1. The van der Waals surface area contributed by atoms with Crippen molar-refractivity contribution in [3.05, 3.63) is 70.1 Å². The minimum absolute atomic E-state index is 0.166. The van der Waals surface area contributed by atoms with E-state index >= 15 is 0 Å². The van der Waals surface area contributed by atoms with Gasteiger partial charge in [0.1, 0.15) is 5.60 Å². The Morgan fingerprint density at radius 2 is 1.62 bits per heavy atom. The molecule has 1 aromatic heterocycles. The summed E-state index contributed by atoms with van der Waals surface area (Å²) < 4.78 is 33.7. The van der Waals surface area contributed by atoms with Gasteiger partial charge in [0, 0.05) is 6.54 Å². The van der Waals surface area contributed by atoms with E-state index in [4.69, 9.17) is 4.74 Å². The molecule has 1 amide bonds. The van der Waals surface area contributed by atoms with Crippen LogP contribution in [0, 0.1) is 0 Å². The van der Waals surface area contributed by atoms with Crippen LogP contribution >= 0.6 is 0 Å². The van der Waals surface area contributed by atoms with Crippen LogP contribution in [-0.4, -0.2) is 20.8 Å². The van der Waals surface area contributed by atoms with Gasteiger partial charge in [0.05, 0.1) is 17.6 Å². The molecule has 6 nitrogen and oxygen atoms in total. The highest BCUT2D eigenvalue weighted by molar-refractivity contribution is 5.76. The highest BCUT2D eigenvalue weighted by Crippen LogP contribution is 2.20. The summed E-state index contributed by atoms with van der Waals surface area (Å²) in [7, 11) is 0. The minimum Gasteiger partial charge on any atom is -0.444 e. The Morgan fingerprint density at radius 1 is 1.03 bits per heavy atom. The molecular formula is C21H23F2N3O3. The van der Waals surface area contributed by atoms with E-state index < -0.39 is 23.9 Å². The molecule has 0 spiro atoms. The van der Waals surface area contributed by atoms with Crippen LogP contribution in [0.25, 0.3) is 11.0 Å². The second-order valence-electron chi connectivity index (χ2n) is 7.68. The van der Waals surface area contributed by atoms with Crippen LogP contribution in [0.2, 0.25) is 0 Å². The molecule has 0 aliphatic rings. The fourth-order valence-corrected chi connectivity index (χ4v) is 3.01. The number of alkyl carbamates (subject to hydrolysis) is 1. The fourth-order valence-electron chi connectivity index (χ4n) is 3.01. The molecule has 2 aromatic carbocycles. The smallest absolute Gasteiger partial charge is 0.407 e. The Hall–Kier alpha value is -3.16. The quantitative estimate of drug-likeness (QED) is 0.692. The Bertz CT molecular complexity index is 1060. The maximum atomic E-state index is 13.3. The number of benzene rings is 2. The van der Waals surface area contributed by atoms with E-state index in [1.54, 1.807) is 51.1 Å². The van der Waals surface area contributed by atoms with Gasteiger partial charge >= 0.3 is 18.3 Å². The summed E-state index contributed by atoms with van der Waals surface area (Å²) in [6.07, 6.45) is -0.507. The van der Waals surface area contributed by atoms with E-state index in [0.29, 0.717) is 16.6 Å². The number of carbonyl (C=O) groups excluding carboxylic acids is 1. The van der Waals surface area contributed by atoms with Gasteiger partial charge in [0.2, 0.25) is 0 Å². The SMILES string of the molecule is CC(C)(C)OC(=O)NCc1ccc(Cn2c(=O)n(C(F)F)c3ccccc32)cc1. The summed E-state index contributed by atoms with van der Waals surface area (Å²) in [5.41, 5.74) is 0.960. The van der Waals surface area contributed by atoms with Gasteiger partial charge in [-0.1, -0.05) is 36.4 Å². The number of hydrogen-bond donors (Lipinski definition) is 1. The van der Waals surface area contributed by atoms with Crippen molar-refractivity contribution in [2.75, 3.05) is 0 Å². The maximum absolute atomic E-state index is 13.3. The molecule has 0 saturated carbocycles.